The van der Waals surface area contributed by atoms with Gasteiger partial charge in [-0.3, -0.25) is 9.59 Å². The average Bonchev–Trinajstić information content (AvgIpc) is 3.30. The second-order valence-electron chi connectivity index (χ2n) is 7.57. The molecule has 0 fully saturated rings. The fraction of sp³-hybridized carbons (Fsp3) is 0.304. The molecule has 0 radical (unpaired) electrons. The van der Waals surface area contributed by atoms with Crippen LogP contribution >= 0.6 is 0 Å². The smallest absolute Gasteiger partial charge is 0.276 e. The van der Waals surface area contributed by atoms with Crippen molar-refractivity contribution in [2.45, 2.75) is 25.7 Å². The fourth-order valence-corrected chi connectivity index (χ4v) is 3.42. The molecule has 0 bridgehead atoms. The van der Waals surface area contributed by atoms with Crippen LogP contribution in [0.25, 0.3) is 11.4 Å². The first-order valence-electron chi connectivity index (χ1n) is 10.7. The van der Waals surface area contributed by atoms with Gasteiger partial charge in [0.25, 0.3) is 5.91 Å². The summed E-state index contributed by atoms with van der Waals surface area (Å²) in [6.07, 6.45) is 9.43. The number of aryl methyl sites for hydroxylation is 1. The molecule has 0 spiro atoms. The van der Waals surface area contributed by atoms with Crippen LogP contribution in [0.1, 0.15) is 25.2 Å². The molecule has 1 aromatic carbocycles. The highest BCUT2D eigenvalue weighted by molar-refractivity contribution is 5.86. The zero-order valence-electron chi connectivity index (χ0n) is 17.8. The van der Waals surface area contributed by atoms with Gasteiger partial charge in [-0.15, -0.1) is 10.2 Å². The molecule has 170 valence electrons. The van der Waals surface area contributed by atoms with Crippen molar-refractivity contribution in [3.63, 3.8) is 0 Å². The number of carbonyl (C=O) groups is 2. The van der Waals surface area contributed by atoms with E-state index in [1.807, 2.05) is 18.2 Å². The number of hydrogen-bond donors (Lipinski definition) is 2. The Morgan fingerprint density at radius 3 is 2.79 bits per heavy atom. The Morgan fingerprint density at radius 2 is 1.94 bits per heavy atom. The number of azo groups is 1. The third kappa shape index (κ3) is 5.85. The summed E-state index contributed by atoms with van der Waals surface area (Å²) in [5.74, 6) is 0.392. The van der Waals surface area contributed by atoms with Crippen molar-refractivity contribution in [3.05, 3.63) is 71.7 Å². The molecule has 0 saturated heterocycles. The number of aromatic nitrogens is 2. The predicted octanol–water partition coefficient (Wildman–Crippen LogP) is 3.24. The summed E-state index contributed by atoms with van der Waals surface area (Å²) >= 11 is 0. The molecule has 1 aliphatic carbocycles. The summed E-state index contributed by atoms with van der Waals surface area (Å²) in [6.45, 7) is 1.10. The lowest BCUT2D eigenvalue weighted by Gasteiger charge is -2.20. The van der Waals surface area contributed by atoms with E-state index in [0.717, 1.165) is 5.57 Å². The van der Waals surface area contributed by atoms with Crippen LogP contribution in [-0.4, -0.2) is 35.0 Å². The minimum Gasteiger partial charge on any atom is -0.368 e. The van der Waals surface area contributed by atoms with Crippen molar-refractivity contribution >= 4 is 11.8 Å². The number of allylic oxidation sites excluding steroid dienone is 3. The van der Waals surface area contributed by atoms with Gasteiger partial charge in [0.1, 0.15) is 5.82 Å². The summed E-state index contributed by atoms with van der Waals surface area (Å²) in [5.41, 5.74) is 1.48. The number of carbonyl (C=O) groups excluding carboxylic acids is 2. The minimum absolute atomic E-state index is 0.0568. The van der Waals surface area contributed by atoms with Crippen LogP contribution in [0.15, 0.2) is 74.7 Å². The van der Waals surface area contributed by atoms with Crippen molar-refractivity contribution in [2.24, 2.45) is 16.1 Å². The van der Waals surface area contributed by atoms with E-state index in [1.54, 1.807) is 18.2 Å². The van der Waals surface area contributed by atoms with Crippen LogP contribution < -0.4 is 10.6 Å². The number of hydrogen-bond acceptors (Lipinski definition) is 7. The van der Waals surface area contributed by atoms with Crippen molar-refractivity contribution in [1.29, 1.82) is 0 Å². The first kappa shape index (κ1) is 22.3. The highest BCUT2D eigenvalue weighted by atomic mass is 19.1. The van der Waals surface area contributed by atoms with E-state index in [4.69, 9.17) is 4.52 Å². The van der Waals surface area contributed by atoms with Gasteiger partial charge < -0.3 is 15.2 Å². The molecule has 0 saturated carbocycles. The normalized spacial score (nSPS) is 16.8. The third-order valence-corrected chi connectivity index (χ3v) is 5.15. The first-order valence-corrected chi connectivity index (χ1v) is 10.7. The highest BCUT2D eigenvalue weighted by Crippen LogP contribution is 2.27. The van der Waals surface area contributed by atoms with Gasteiger partial charge >= 0.3 is 0 Å². The van der Waals surface area contributed by atoms with Crippen LogP contribution in [0.5, 0.6) is 0 Å². The maximum absolute atomic E-state index is 13.0. The van der Waals surface area contributed by atoms with Crippen LogP contribution in [0.2, 0.25) is 0 Å². The Labute approximate surface area is 189 Å². The summed E-state index contributed by atoms with van der Waals surface area (Å²) < 4.78 is 18.2. The number of benzene rings is 1. The zero-order chi connectivity index (χ0) is 23.0. The Hall–Kier alpha value is -3.95. The van der Waals surface area contributed by atoms with Gasteiger partial charge in [0.05, 0.1) is 5.92 Å². The molecule has 2 aliphatic rings. The van der Waals surface area contributed by atoms with E-state index in [0.29, 0.717) is 61.9 Å². The van der Waals surface area contributed by atoms with Crippen LogP contribution in [0, 0.1) is 11.7 Å². The molecule has 1 unspecified atom stereocenters. The van der Waals surface area contributed by atoms with Crippen LogP contribution in [0.4, 0.5) is 4.39 Å². The number of halogens is 1. The summed E-state index contributed by atoms with van der Waals surface area (Å²) in [4.78, 5) is 28.1. The van der Waals surface area contributed by atoms with Gasteiger partial charge in [-0.1, -0.05) is 29.5 Å². The summed E-state index contributed by atoms with van der Waals surface area (Å²) in [7, 11) is 0. The van der Waals surface area contributed by atoms with E-state index >= 15 is 0 Å². The topological polar surface area (TPSA) is 122 Å². The summed E-state index contributed by atoms with van der Waals surface area (Å²) in [6, 6.07) is 5.84. The number of rotatable bonds is 10. The largest absolute Gasteiger partial charge is 0.368 e. The molecule has 1 atom stereocenters. The van der Waals surface area contributed by atoms with Gasteiger partial charge in [0.15, 0.2) is 5.82 Å². The number of fused-ring (bicyclic) bond motifs is 1. The number of nitrogens with one attached hydrogen (secondary N) is 2. The Kier molecular flexibility index (Phi) is 7.13. The molecule has 2 amide bonds. The zero-order valence-corrected chi connectivity index (χ0v) is 17.8. The lowest BCUT2D eigenvalue weighted by molar-refractivity contribution is -0.121. The minimum atomic E-state index is -0.375. The van der Waals surface area contributed by atoms with E-state index in [1.165, 1.54) is 12.1 Å². The monoisotopic (exact) mass is 450 g/mol. The molecular weight excluding hydrogens is 427 g/mol. The molecule has 33 heavy (non-hydrogen) atoms. The Bertz CT molecular complexity index is 1130. The number of nitrogens with zero attached hydrogens (tertiary/aromatic N) is 4. The summed E-state index contributed by atoms with van der Waals surface area (Å²) in [5, 5.41) is 17.6. The van der Waals surface area contributed by atoms with E-state index < -0.39 is 0 Å². The van der Waals surface area contributed by atoms with Gasteiger partial charge in [0.2, 0.25) is 17.6 Å². The van der Waals surface area contributed by atoms with Crippen molar-refractivity contribution in [1.82, 2.24) is 20.8 Å². The standard InChI is InChI=1S/C23H23FN6O3/c24-16-11-9-15(10-12-16)21-27-20(33-30-21)8-3-7-19(31)25-13-4-14-26-22-17-5-1-2-6-18(17)23(32)29-28-22/h1-2,5-6,9-12,18,26H,3-4,7-8,13-14H2,(H,25,31). The van der Waals surface area contributed by atoms with E-state index in [2.05, 4.69) is 31.0 Å². The molecule has 1 aliphatic heterocycles. The molecule has 4 rings (SSSR count). The van der Waals surface area contributed by atoms with E-state index in [9.17, 15) is 14.0 Å². The van der Waals surface area contributed by atoms with Crippen LogP contribution in [0.3, 0.4) is 0 Å². The van der Waals surface area contributed by atoms with Gasteiger partial charge in [-0.2, -0.15) is 4.98 Å². The van der Waals surface area contributed by atoms with Gasteiger partial charge in [-0.05, 0) is 37.1 Å². The molecule has 2 N–H and O–H groups in total. The maximum atomic E-state index is 13.0. The molecular formula is C23H23FN6O3. The van der Waals surface area contributed by atoms with E-state index in [-0.39, 0.29) is 23.5 Å². The molecule has 10 heteroatoms. The van der Waals surface area contributed by atoms with Crippen LogP contribution in [-0.2, 0) is 16.0 Å². The Balaban J connectivity index is 1.12. The number of amides is 2. The quantitative estimate of drug-likeness (QED) is 0.536. The highest BCUT2D eigenvalue weighted by Gasteiger charge is 2.26. The molecule has 9 nitrogen and oxygen atoms in total. The van der Waals surface area contributed by atoms with Gasteiger partial charge in [0, 0.05) is 37.1 Å². The lowest BCUT2D eigenvalue weighted by Crippen LogP contribution is -2.28. The molecule has 2 heterocycles. The first-order chi connectivity index (χ1) is 16.1. The second kappa shape index (κ2) is 10.6. The van der Waals surface area contributed by atoms with Crippen molar-refractivity contribution in [2.75, 3.05) is 13.1 Å². The lowest BCUT2D eigenvalue weighted by atomic mass is 9.93. The maximum Gasteiger partial charge on any atom is 0.276 e. The van der Waals surface area contributed by atoms with Gasteiger partial charge in [-0.25, -0.2) is 4.39 Å². The average molecular weight is 450 g/mol. The second-order valence-corrected chi connectivity index (χ2v) is 7.57. The van der Waals surface area contributed by atoms with Crippen molar-refractivity contribution < 1.29 is 18.5 Å². The fourth-order valence-electron chi connectivity index (χ4n) is 3.42. The third-order valence-electron chi connectivity index (χ3n) is 5.15. The SMILES string of the molecule is O=C(CCCc1nc(-c2ccc(F)cc2)no1)NCCCNC1=C2C=CC=CC2C(=O)N=N1. The van der Waals surface area contributed by atoms with Crippen molar-refractivity contribution in [3.8, 4) is 11.4 Å². The molecule has 1 aromatic heterocycles. The molecule has 2 aromatic rings. The predicted molar refractivity (Wildman–Crippen MR) is 117 cm³/mol. The Morgan fingerprint density at radius 1 is 1.09 bits per heavy atom.